The lowest BCUT2D eigenvalue weighted by Crippen LogP contribution is -1.96. The molecule has 0 nitrogen and oxygen atoms in total. The first kappa shape index (κ1) is 18.4. The summed E-state index contributed by atoms with van der Waals surface area (Å²) in [7, 11) is 0. The van der Waals surface area contributed by atoms with Crippen molar-refractivity contribution >= 4 is 0 Å². The Morgan fingerprint density at radius 1 is 0.630 bits per heavy atom. The summed E-state index contributed by atoms with van der Waals surface area (Å²) in [6.45, 7) is 3.82. The molecule has 0 bridgehead atoms. The smallest absolute Gasteiger partial charge is 0.174 e. The zero-order chi connectivity index (χ0) is 19.2. The molecular formula is C25H18F2. The number of halogens is 2. The van der Waals surface area contributed by atoms with Gasteiger partial charge >= 0.3 is 0 Å². The van der Waals surface area contributed by atoms with Crippen molar-refractivity contribution in [1.82, 2.24) is 0 Å². The molecule has 0 amide bonds. The van der Waals surface area contributed by atoms with Crippen LogP contribution in [0.2, 0.25) is 0 Å². The van der Waals surface area contributed by atoms with Crippen LogP contribution in [0.25, 0.3) is 0 Å². The van der Waals surface area contributed by atoms with Crippen LogP contribution in [-0.4, -0.2) is 0 Å². The zero-order valence-electron chi connectivity index (χ0n) is 15.2. The first-order valence-electron chi connectivity index (χ1n) is 8.74. The van der Waals surface area contributed by atoms with E-state index in [-0.39, 0.29) is 5.56 Å². The molecule has 0 radical (unpaired) electrons. The summed E-state index contributed by atoms with van der Waals surface area (Å²) in [6, 6.07) is 18.5. The maximum atomic E-state index is 14.0. The second kappa shape index (κ2) is 8.35. The Morgan fingerprint density at radius 3 is 1.63 bits per heavy atom. The van der Waals surface area contributed by atoms with Gasteiger partial charge in [-0.25, -0.2) is 8.78 Å². The first-order chi connectivity index (χ1) is 13.1. The molecule has 0 saturated heterocycles. The van der Waals surface area contributed by atoms with E-state index in [0.29, 0.717) is 12.0 Å². The van der Waals surface area contributed by atoms with E-state index >= 15 is 0 Å². The second-order valence-corrected chi connectivity index (χ2v) is 6.20. The normalized spacial score (nSPS) is 9.78. The highest BCUT2D eigenvalue weighted by Crippen LogP contribution is 2.16. The van der Waals surface area contributed by atoms with E-state index in [1.807, 2.05) is 55.5 Å². The Kier molecular flexibility index (Phi) is 5.70. The predicted octanol–water partition coefficient (Wildman–Crippen LogP) is 5.64. The van der Waals surface area contributed by atoms with Gasteiger partial charge in [-0.2, -0.15) is 0 Å². The maximum Gasteiger partial charge on any atom is 0.174 e. The SMILES string of the molecule is CCc1ccc(C#Cc2ccc(C#Cc3ccc(C)cc3)cc2)c(F)c1F. The molecule has 0 aliphatic rings. The summed E-state index contributed by atoms with van der Waals surface area (Å²) in [5, 5.41) is 0. The molecule has 0 spiro atoms. The molecule has 3 rings (SSSR count). The minimum Gasteiger partial charge on any atom is -0.203 e. The summed E-state index contributed by atoms with van der Waals surface area (Å²) in [6.07, 6.45) is 0.446. The number of aryl methyl sites for hydroxylation is 2. The maximum absolute atomic E-state index is 14.0. The van der Waals surface area contributed by atoms with Gasteiger partial charge in [-0.15, -0.1) is 0 Å². The van der Waals surface area contributed by atoms with Crippen LogP contribution >= 0.6 is 0 Å². The Bertz CT molecular complexity index is 1070. The Labute approximate surface area is 158 Å². The third kappa shape index (κ3) is 4.63. The van der Waals surface area contributed by atoms with Crippen molar-refractivity contribution in [3.63, 3.8) is 0 Å². The van der Waals surface area contributed by atoms with Gasteiger partial charge in [-0.1, -0.05) is 54.4 Å². The van der Waals surface area contributed by atoms with E-state index in [1.54, 1.807) is 13.0 Å². The average Bonchev–Trinajstić information content (AvgIpc) is 2.69. The molecule has 3 aromatic rings. The lowest BCUT2D eigenvalue weighted by molar-refractivity contribution is 0.498. The molecule has 27 heavy (non-hydrogen) atoms. The van der Waals surface area contributed by atoms with E-state index in [2.05, 4.69) is 23.7 Å². The fourth-order valence-electron chi connectivity index (χ4n) is 2.52. The minimum atomic E-state index is -0.887. The van der Waals surface area contributed by atoms with Gasteiger partial charge in [-0.3, -0.25) is 0 Å². The monoisotopic (exact) mass is 356 g/mol. The lowest BCUT2D eigenvalue weighted by Gasteiger charge is -2.02. The van der Waals surface area contributed by atoms with Crippen LogP contribution in [0.3, 0.4) is 0 Å². The summed E-state index contributed by atoms with van der Waals surface area (Å²) < 4.78 is 27.8. The molecule has 0 N–H and O–H groups in total. The second-order valence-electron chi connectivity index (χ2n) is 6.20. The fourth-order valence-corrected chi connectivity index (χ4v) is 2.52. The molecule has 0 saturated carbocycles. The van der Waals surface area contributed by atoms with Gasteiger partial charge in [0.05, 0.1) is 5.56 Å². The zero-order valence-corrected chi connectivity index (χ0v) is 15.2. The van der Waals surface area contributed by atoms with E-state index in [9.17, 15) is 8.78 Å². The molecule has 0 aromatic heterocycles. The molecule has 0 fully saturated rings. The van der Waals surface area contributed by atoms with Crippen molar-refractivity contribution in [2.45, 2.75) is 20.3 Å². The number of hydrogen-bond donors (Lipinski definition) is 0. The Morgan fingerprint density at radius 2 is 1.11 bits per heavy atom. The minimum absolute atomic E-state index is 0.0629. The van der Waals surface area contributed by atoms with E-state index < -0.39 is 11.6 Å². The van der Waals surface area contributed by atoms with Crippen LogP contribution in [0.5, 0.6) is 0 Å². The largest absolute Gasteiger partial charge is 0.203 e. The molecule has 132 valence electrons. The molecule has 0 aliphatic carbocycles. The highest BCUT2D eigenvalue weighted by atomic mass is 19.2. The lowest BCUT2D eigenvalue weighted by atomic mass is 10.1. The van der Waals surface area contributed by atoms with E-state index in [0.717, 1.165) is 16.7 Å². The summed E-state index contributed by atoms with van der Waals surface area (Å²) in [5.74, 6) is 10.1. The highest BCUT2D eigenvalue weighted by Gasteiger charge is 2.10. The molecule has 0 aliphatic heterocycles. The van der Waals surface area contributed by atoms with E-state index in [1.165, 1.54) is 11.6 Å². The van der Waals surface area contributed by atoms with Crippen LogP contribution in [0.4, 0.5) is 8.78 Å². The fraction of sp³-hybridized carbons (Fsp3) is 0.120. The summed E-state index contributed by atoms with van der Waals surface area (Å²) >= 11 is 0. The predicted molar refractivity (Wildman–Crippen MR) is 105 cm³/mol. The van der Waals surface area contributed by atoms with Crippen molar-refractivity contribution in [2.24, 2.45) is 0 Å². The number of rotatable bonds is 1. The van der Waals surface area contributed by atoms with Gasteiger partial charge in [0, 0.05) is 16.7 Å². The first-order valence-corrected chi connectivity index (χ1v) is 8.74. The standard InChI is InChI=1S/C25H18F2/c1-3-22-16-17-23(25(27)24(22)26)15-14-21-12-10-20(11-13-21)9-8-19-6-4-18(2)5-7-19/h4-7,10-13,16-17H,3H2,1-2H3. The average molecular weight is 356 g/mol. The van der Waals surface area contributed by atoms with Crippen LogP contribution in [0.15, 0.2) is 60.7 Å². The Balaban J connectivity index is 1.77. The highest BCUT2D eigenvalue weighted by molar-refractivity contribution is 5.48. The molecule has 0 heterocycles. The molecule has 2 heteroatoms. The van der Waals surface area contributed by atoms with Gasteiger partial charge in [0.25, 0.3) is 0 Å². The van der Waals surface area contributed by atoms with E-state index in [4.69, 9.17) is 0 Å². The van der Waals surface area contributed by atoms with Crippen molar-refractivity contribution in [2.75, 3.05) is 0 Å². The van der Waals surface area contributed by atoms with Gasteiger partial charge in [0.15, 0.2) is 11.6 Å². The van der Waals surface area contributed by atoms with Crippen molar-refractivity contribution in [1.29, 1.82) is 0 Å². The quantitative estimate of drug-likeness (QED) is 0.495. The molecule has 3 aromatic carbocycles. The van der Waals surface area contributed by atoms with Crippen LogP contribution < -0.4 is 0 Å². The molecular weight excluding hydrogens is 338 g/mol. The van der Waals surface area contributed by atoms with Crippen LogP contribution in [0.1, 0.15) is 40.3 Å². The van der Waals surface area contributed by atoms with Gasteiger partial charge in [0.1, 0.15) is 0 Å². The summed E-state index contributed by atoms with van der Waals surface area (Å²) in [4.78, 5) is 0. The molecule has 0 unspecified atom stereocenters. The van der Waals surface area contributed by atoms with Gasteiger partial charge in [0.2, 0.25) is 0 Å². The molecule has 0 atom stereocenters. The number of benzene rings is 3. The van der Waals surface area contributed by atoms with Crippen molar-refractivity contribution in [3.8, 4) is 23.7 Å². The third-order valence-electron chi connectivity index (χ3n) is 4.17. The van der Waals surface area contributed by atoms with Crippen molar-refractivity contribution in [3.05, 3.63) is 106 Å². The van der Waals surface area contributed by atoms with Gasteiger partial charge in [-0.05, 0) is 61.4 Å². The third-order valence-corrected chi connectivity index (χ3v) is 4.17. The topological polar surface area (TPSA) is 0 Å². The Hall–Kier alpha value is -3.36. The summed E-state index contributed by atoms with van der Waals surface area (Å²) in [5.41, 5.74) is 4.16. The van der Waals surface area contributed by atoms with Crippen LogP contribution in [-0.2, 0) is 6.42 Å². The van der Waals surface area contributed by atoms with Crippen LogP contribution in [0, 0.1) is 42.2 Å². The van der Waals surface area contributed by atoms with Crippen molar-refractivity contribution < 1.29 is 8.78 Å². The van der Waals surface area contributed by atoms with Gasteiger partial charge < -0.3 is 0 Å². The number of hydrogen-bond acceptors (Lipinski definition) is 0.